The second-order valence-corrected chi connectivity index (χ2v) is 7.17. The van der Waals surface area contributed by atoms with Gasteiger partial charge in [-0.05, 0) is 36.6 Å². The van der Waals surface area contributed by atoms with Gasteiger partial charge in [-0.2, -0.15) is 0 Å². The number of rotatable bonds is 4. The molecule has 2 aromatic carbocycles. The monoisotopic (exact) mass is 359 g/mol. The molecule has 27 heavy (non-hydrogen) atoms. The molecule has 1 N–H and O–H groups in total. The summed E-state index contributed by atoms with van der Waals surface area (Å²) in [5.41, 5.74) is 4.79. The quantitative estimate of drug-likeness (QED) is 0.741. The Morgan fingerprint density at radius 2 is 1.74 bits per heavy atom. The lowest BCUT2D eigenvalue weighted by atomic mass is 10.0. The maximum atomic E-state index is 13.0. The first-order valence-electron chi connectivity index (χ1n) is 9.50. The molecule has 1 aliphatic heterocycles. The molecule has 0 saturated carbocycles. The summed E-state index contributed by atoms with van der Waals surface area (Å²) in [5.74, 6) is 0. The number of aromatic nitrogens is 1. The Morgan fingerprint density at radius 3 is 2.52 bits per heavy atom. The summed E-state index contributed by atoms with van der Waals surface area (Å²) in [6.07, 6.45) is 2.93. The smallest absolute Gasteiger partial charge is 0.318 e. The molecule has 0 unspecified atom stereocenters. The van der Waals surface area contributed by atoms with Crippen LogP contribution in [0, 0.1) is 6.92 Å². The number of amides is 2. The first-order valence-corrected chi connectivity index (χ1v) is 9.50. The van der Waals surface area contributed by atoms with Crippen LogP contribution in [0.15, 0.2) is 72.9 Å². The molecule has 0 spiro atoms. The highest BCUT2D eigenvalue weighted by Gasteiger charge is 2.30. The van der Waals surface area contributed by atoms with Gasteiger partial charge in [0.2, 0.25) is 0 Å². The van der Waals surface area contributed by atoms with E-state index in [1.807, 2.05) is 11.0 Å². The standard InChI is InChI=1S/C23H25N3O/c1-18-9-11-20(12-10-18)17-24-23(27)26-15-14-25-13-5-8-21(25)22(26)16-19-6-3-2-4-7-19/h2-13,22H,14-17H2,1H3,(H,24,27)/t22-/m1/s1. The maximum absolute atomic E-state index is 13.0. The number of carbonyl (C=O) groups is 1. The van der Waals surface area contributed by atoms with Crippen molar-refractivity contribution in [3.63, 3.8) is 0 Å². The molecule has 1 atom stereocenters. The molecule has 0 radical (unpaired) electrons. The number of hydrogen-bond donors (Lipinski definition) is 1. The van der Waals surface area contributed by atoms with Crippen LogP contribution in [0.2, 0.25) is 0 Å². The van der Waals surface area contributed by atoms with Gasteiger partial charge in [-0.25, -0.2) is 4.79 Å². The van der Waals surface area contributed by atoms with E-state index in [1.165, 1.54) is 16.8 Å². The highest BCUT2D eigenvalue weighted by atomic mass is 16.2. The lowest BCUT2D eigenvalue weighted by molar-refractivity contribution is 0.155. The predicted octanol–water partition coefficient (Wildman–Crippen LogP) is 4.31. The van der Waals surface area contributed by atoms with Crippen LogP contribution in [-0.2, 0) is 19.5 Å². The first-order chi connectivity index (χ1) is 13.2. The predicted molar refractivity (Wildman–Crippen MR) is 107 cm³/mol. The second-order valence-electron chi connectivity index (χ2n) is 7.17. The van der Waals surface area contributed by atoms with Crippen LogP contribution in [0.3, 0.4) is 0 Å². The van der Waals surface area contributed by atoms with Crippen molar-refractivity contribution < 1.29 is 4.79 Å². The maximum Gasteiger partial charge on any atom is 0.318 e. The summed E-state index contributed by atoms with van der Waals surface area (Å²) in [4.78, 5) is 15.0. The lowest BCUT2D eigenvalue weighted by Gasteiger charge is -2.37. The van der Waals surface area contributed by atoms with E-state index in [-0.39, 0.29) is 12.1 Å². The largest absolute Gasteiger partial charge is 0.348 e. The van der Waals surface area contributed by atoms with Crippen molar-refractivity contribution in [2.45, 2.75) is 32.5 Å². The topological polar surface area (TPSA) is 37.3 Å². The van der Waals surface area contributed by atoms with E-state index in [1.54, 1.807) is 0 Å². The van der Waals surface area contributed by atoms with E-state index in [4.69, 9.17) is 0 Å². The average molecular weight is 359 g/mol. The third-order valence-electron chi connectivity index (χ3n) is 5.26. The number of nitrogens with zero attached hydrogens (tertiary/aromatic N) is 2. The van der Waals surface area contributed by atoms with Crippen LogP contribution >= 0.6 is 0 Å². The third kappa shape index (κ3) is 3.90. The highest BCUT2D eigenvalue weighted by Crippen LogP contribution is 2.29. The Bertz CT molecular complexity index is 899. The fourth-order valence-electron chi connectivity index (χ4n) is 3.74. The van der Waals surface area contributed by atoms with Crippen LogP contribution < -0.4 is 5.32 Å². The fraction of sp³-hybridized carbons (Fsp3) is 0.261. The fourth-order valence-corrected chi connectivity index (χ4v) is 3.74. The van der Waals surface area contributed by atoms with E-state index in [9.17, 15) is 4.79 Å². The molecule has 2 heterocycles. The molecule has 4 heteroatoms. The van der Waals surface area contributed by atoms with E-state index in [0.29, 0.717) is 6.54 Å². The Hall–Kier alpha value is -3.01. The zero-order valence-corrected chi connectivity index (χ0v) is 15.6. The van der Waals surface area contributed by atoms with Crippen molar-refractivity contribution in [1.82, 2.24) is 14.8 Å². The van der Waals surface area contributed by atoms with E-state index in [2.05, 4.69) is 83.7 Å². The molecule has 138 valence electrons. The van der Waals surface area contributed by atoms with Crippen molar-refractivity contribution in [3.8, 4) is 0 Å². The van der Waals surface area contributed by atoms with Crippen molar-refractivity contribution in [1.29, 1.82) is 0 Å². The van der Waals surface area contributed by atoms with Gasteiger partial charge in [-0.15, -0.1) is 0 Å². The Morgan fingerprint density at radius 1 is 0.963 bits per heavy atom. The number of benzene rings is 2. The highest BCUT2D eigenvalue weighted by molar-refractivity contribution is 5.75. The molecular formula is C23H25N3O. The van der Waals surface area contributed by atoms with Gasteiger partial charge in [-0.1, -0.05) is 60.2 Å². The summed E-state index contributed by atoms with van der Waals surface area (Å²) < 4.78 is 2.26. The van der Waals surface area contributed by atoms with Gasteiger partial charge in [0, 0.05) is 31.5 Å². The molecule has 1 aliphatic rings. The molecule has 0 fully saturated rings. The van der Waals surface area contributed by atoms with E-state index in [0.717, 1.165) is 25.1 Å². The van der Waals surface area contributed by atoms with Crippen molar-refractivity contribution in [3.05, 3.63) is 95.3 Å². The Labute approximate surface area is 160 Å². The van der Waals surface area contributed by atoms with Crippen LogP contribution in [0.1, 0.15) is 28.4 Å². The molecule has 1 aromatic heterocycles. The molecule has 0 saturated heterocycles. The number of fused-ring (bicyclic) bond motifs is 1. The van der Waals surface area contributed by atoms with Crippen LogP contribution in [0.25, 0.3) is 0 Å². The molecule has 4 rings (SSSR count). The molecule has 3 aromatic rings. The summed E-state index contributed by atoms with van der Waals surface area (Å²) in [6, 6.07) is 22.9. The number of carbonyl (C=O) groups excluding carboxylic acids is 1. The van der Waals surface area contributed by atoms with Gasteiger partial charge >= 0.3 is 6.03 Å². The molecule has 2 amide bonds. The lowest BCUT2D eigenvalue weighted by Crippen LogP contribution is -2.47. The average Bonchev–Trinajstić information content (AvgIpc) is 3.18. The Kier molecular flexibility index (Phi) is 4.97. The summed E-state index contributed by atoms with van der Waals surface area (Å²) >= 11 is 0. The molecule has 0 aliphatic carbocycles. The normalized spacial score (nSPS) is 16.0. The summed E-state index contributed by atoms with van der Waals surface area (Å²) in [6.45, 7) is 4.18. The first kappa shape index (κ1) is 17.4. The number of aryl methyl sites for hydroxylation is 1. The minimum atomic E-state index is 0.00366. The Balaban J connectivity index is 1.50. The van der Waals surface area contributed by atoms with Crippen molar-refractivity contribution in [2.75, 3.05) is 6.54 Å². The van der Waals surface area contributed by atoms with Gasteiger partial charge in [0.05, 0.1) is 6.04 Å². The van der Waals surface area contributed by atoms with Gasteiger partial charge in [-0.3, -0.25) is 0 Å². The minimum absolute atomic E-state index is 0.00366. The third-order valence-corrected chi connectivity index (χ3v) is 5.26. The minimum Gasteiger partial charge on any atom is -0.348 e. The van der Waals surface area contributed by atoms with Crippen molar-refractivity contribution >= 4 is 6.03 Å². The number of nitrogens with one attached hydrogen (secondary N) is 1. The van der Waals surface area contributed by atoms with Gasteiger partial charge < -0.3 is 14.8 Å². The SMILES string of the molecule is Cc1ccc(CNC(=O)N2CCn3cccc3[C@H]2Cc2ccccc2)cc1. The number of urea groups is 1. The van der Waals surface area contributed by atoms with Crippen molar-refractivity contribution in [2.24, 2.45) is 0 Å². The van der Waals surface area contributed by atoms with E-state index >= 15 is 0 Å². The van der Waals surface area contributed by atoms with Gasteiger partial charge in [0.1, 0.15) is 0 Å². The molecule has 0 bridgehead atoms. The molecular weight excluding hydrogens is 334 g/mol. The van der Waals surface area contributed by atoms with Gasteiger partial charge in [0.15, 0.2) is 0 Å². The van der Waals surface area contributed by atoms with E-state index < -0.39 is 0 Å². The van der Waals surface area contributed by atoms with Crippen LogP contribution in [0.4, 0.5) is 4.79 Å². The number of hydrogen-bond acceptors (Lipinski definition) is 1. The van der Waals surface area contributed by atoms with Crippen LogP contribution in [-0.4, -0.2) is 22.0 Å². The molecule has 4 nitrogen and oxygen atoms in total. The van der Waals surface area contributed by atoms with Crippen LogP contribution in [0.5, 0.6) is 0 Å². The van der Waals surface area contributed by atoms with Gasteiger partial charge in [0.25, 0.3) is 0 Å². The zero-order valence-electron chi connectivity index (χ0n) is 15.6. The summed E-state index contributed by atoms with van der Waals surface area (Å²) in [5, 5.41) is 3.10. The summed E-state index contributed by atoms with van der Waals surface area (Å²) in [7, 11) is 0. The second kappa shape index (κ2) is 7.70. The zero-order chi connectivity index (χ0) is 18.6.